The Morgan fingerprint density at radius 2 is 1.10 bits per heavy atom. The van der Waals surface area contributed by atoms with E-state index in [2.05, 4.69) is 115 Å². The second-order valence-electron chi connectivity index (χ2n) is 11.6. The molecule has 0 spiro atoms. The van der Waals surface area contributed by atoms with Crippen molar-refractivity contribution in [3.05, 3.63) is 215 Å². The number of hydrogen-bond donors (Lipinski definition) is 0. The molecule has 1 aliphatic rings. The van der Waals surface area contributed by atoms with Crippen LogP contribution in [0.5, 0.6) is 0 Å². The molecule has 7 aromatic carbocycles. The van der Waals surface area contributed by atoms with Gasteiger partial charge in [-0.2, -0.15) is 0 Å². The van der Waals surface area contributed by atoms with Gasteiger partial charge in [-0.3, -0.25) is 0 Å². The van der Waals surface area contributed by atoms with Crippen molar-refractivity contribution < 1.29 is 4.74 Å². The molecule has 2 unspecified atom stereocenters. The van der Waals surface area contributed by atoms with Gasteiger partial charge in [0.25, 0.3) is 0 Å². The van der Waals surface area contributed by atoms with Crippen LogP contribution < -0.4 is 0 Å². The van der Waals surface area contributed by atoms with Crippen LogP contribution in [-0.4, -0.2) is 7.11 Å². The first-order valence-electron chi connectivity index (χ1n) is 16.2. The van der Waals surface area contributed by atoms with E-state index >= 15 is 0 Å². The van der Waals surface area contributed by atoms with Gasteiger partial charge in [0.15, 0.2) is 0 Å². The monoisotopic (exact) mass is 614 g/mol. The molecular weight excluding hydrogens is 581 g/mol. The molecule has 8 rings (SSSR count). The third-order valence-corrected chi connectivity index (χ3v) is 8.67. The highest BCUT2D eigenvalue weighted by atomic mass is 16.5. The average Bonchev–Trinajstić information content (AvgIpc) is 3.51. The first-order chi connectivity index (χ1) is 23.8. The Bertz CT molecular complexity index is 2280. The van der Waals surface area contributed by atoms with Gasteiger partial charge in [0.05, 0.1) is 0 Å². The number of fused-ring (bicyclic) bond motifs is 5. The smallest absolute Gasteiger partial charge is 0.144 e. The highest BCUT2D eigenvalue weighted by Gasteiger charge is 2.30. The molecule has 0 N–H and O–H groups in total. The molecule has 7 aromatic rings. The normalized spacial score (nSPS) is 13.0. The molecule has 0 bridgehead atoms. The van der Waals surface area contributed by atoms with Gasteiger partial charge in [0, 0.05) is 35.3 Å². The van der Waals surface area contributed by atoms with E-state index in [-0.39, 0.29) is 6.10 Å². The summed E-state index contributed by atoms with van der Waals surface area (Å²) >= 11 is 0. The molecular formula is C47H34O. The standard InChI is InChI=1S/C24H18O.C23H16/c1-25-24(19-17-21-12-6-3-7-13-21)23-15-9-8-14-22(23)18-16-20-10-4-2-5-11-20;1-2-9-17(10-3-1)22-20-13-7-6-12-19(20)21-15-14-16-8-4-5-11-18(16)23(21)22/h2-15,24H,1H3;1-15,22H. The minimum Gasteiger partial charge on any atom is -0.364 e. The second-order valence-corrected chi connectivity index (χ2v) is 11.6. The van der Waals surface area contributed by atoms with Gasteiger partial charge in [-0.1, -0.05) is 169 Å². The predicted molar refractivity (Wildman–Crippen MR) is 199 cm³/mol. The van der Waals surface area contributed by atoms with E-state index in [0.29, 0.717) is 5.92 Å². The maximum Gasteiger partial charge on any atom is 0.144 e. The summed E-state index contributed by atoms with van der Waals surface area (Å²) in [7, 11) is 1.67. The Balaban J connectivity index is 0.000000152. The Labute approximate surface area is 283 Å². The molecule has 2 atom stereocenters. The van der Waals surface area contributed by atoms with Crippen LogP contribution in [-0.2, 0) is 4.74 Å². The maximum absolute atomic E-state index is 5.61. The summed E-state index contributed by atoms with van der Waals surface area (Å²) in [5, 5.41) is 2.69. The fraction of sp³-hybridized carbons (Fsp3) is 0.0638. The Hall–Kier alpha value is -6.12. The Morgan fingerprint density at radius 3 is 1.85 bits per heavy atom. The zero-order valence-electron chi connectivity index (χ0n) is 26.8. The SMILES string of the molecule is COC(C#Cc1ccccc1)c1ccccc1C#Cc1ccccc1.c1ccc(C2c3ccccc3-c3ccc4ccccc4c32)cc1. The van der Waals surface area contributed by atoms with Crippen LogP contribution in [0.2, 0.25) is 0 Å². The molecule has 1 heteroatoms. The summed E-state index contributed by atoms with van der Waals surface area (Å²) in [6.07, 6.45) is -0.318. The van der Waals surface area contributed by atoms with Crippen LogP contribution in [0.4, 0.5) is 0 Å². The number of methoxy groups -OCH3 is 1. The van der Waals surface area contributed by atoms with Crippen molar-refractivity contribution in [3.63, 3.8) is 0 Å². The molecule has 0 saturated heterocycles. The summed E-state index contributed by atoms with van der Waals surface area (Å²) in [5.41, 5.74) is 10.9. The molecule has 0 aromatic heterocycles. The predicted octanol–water partition coefficient (Wildman–Crippen LogP) is 10.8. The second kappa shape index (κ2) is 14.5. The number of hydrogen-bond acceptors (Lipinski definition) is 1. The maximum atomic E-state index is 5.61. The van der Waals surface area contributed by atoms with Crippen molar-refractivity contribution >= 4 is 10.8 Å². The Morgan fingerprint density at radius 1 is 0.500 bits per heavy atom. The molecule has 0 saturated carbocycles. The van der Waals surface area contributed by atoms with E-state index < -0.39 is 0 Å². The van der Waals surface area contributed by atoms with Crippen LogP contribution in [0.1, 0.15) is 51.0 Å². The van der Waals surface area contributed by atoms with Gasteiger partial charge in [-0.25, -0.2) is 0 Å². The molecule has 0 heterocycles. The van der Waals surface area contributed by atoms with Gasteiger partial charge in [-0.15, -0.1) is 0 Å². The molecule has 0 radical (unpaired) electrons. The molecule has 0 amide bonds. The summed E-state index contributed by atoms with van der Waals surface area (Å²) in [6, 6.07) is 60.8. The van der Waals surface area contributed by atoms with Crippen molar-refractivity contribution in [1.82, 2.24) is 0 Å². The van der Waals surface area contributed by atoms with Gasteiger partial charge in [-0.05, 0) is 68.9 Å². The topological polar surface area (TPSA) is 9.23 Å². The summed E-state index contributed by atoms with van der Waals surface area (Å²) in [4.78, 5) is 0. The lowest BCUT2D eigenvalue weighted by molar-refractivity contribution is 0.150. The zero-order chi connectivity index (χ0) is 32.5. The van der Waals surface area contributed by atoms with Crippen molar-refractivity contribution in [2.45, 2.75) is 12.0 Å². The van der Waals surface area contributed by atoms with Gasteiger partial charge in [0.2, 0.25) is 0 Å². The number of benzene rings is 7. The van der Waals surface area contributed by atoms with Crippen LogP contribution in [0.3, 0.4) is 0 Å². The lowest BCUT2D eigenvalue weighted by Crippen LogP contribution is -2.01. The minimum absolute atomic E-state index is 0.318. The highest BCUT2D eigenvalue weighted by molar-refractivity contribution is 5.97. The summed E-state index contributed by atoms with van der Waals surface area (Å²) in [5.74, 6) is 13.1. The summed E-state index contributed by atoms with van der Waals surface area (Å²) < 4.78 is 5.61. The first-order valence-corrected chi connectivity index (χ1v) is 16.2. The average molecular weight is 615 g/mol. The van der Waals surface area contributed by atoms with E-state index in [9.17, 15) is 0 Å². The fourth-order valence-corrected chi connectivity index (χ4v) is 6.42. The van der Waals surface area contributed by atoms with E-state index in [1.54, 1.807) is 7.11 Å². The quantitative estimate of drug-likeness (QED) is 0.180. The zero-order valence-corrected chi connectivity index (χ0v) is 26.8. The van der Waals surface area contributed by atoms with E-state index in [4.69, 9.17) is 4.74 Å². The van der Waals surface area contributed by atoms with E-state index in [0.717, 1.165) is 22.3 Å². The molecule has 0 aliphatic heterocycles. The molecule has 1 nitrogen and oxygen atoms in total. The van der Waals surface area contributed by atoms with Crippen molar-refractivity contribution in [1.29, 1.82) is 0 Å². The first kappa shape index (κ1) is 30.5. The van der Waals surface area contributed by atoms with Gasteiger partial charge >= 0.3 is 0 Å². The third-order valence-electron chi connectivity index (χ3n) is 8.67. The van der Waals surface area contributed by atoms with E-state index in [1.807, 2.05) is 84.9 Å². The highest BCUT2D eigenvalue weighted by Crippen LogP contribution is 2.50. The molecule has 0 fully saturated rings. The molecule has 228 valence electrons. The van der Waals surface area contributed by atoms with Crippen molar-refractivity contribution in [3.8, 4) is 34.8 Å². The largest absolute Gasteiger partial charge is 0.364 e. The van der Waals surface area contributed by atoms with Crippen LogP contribution in [0.25, 0.3) is 21.9 Å². The lowest BCUT2D eigenvalue weighted by Gasteiger charge is -2.16. The number of rotatable bonds is 3. The van der Waals surface area contributed by atoms with Crippen molar-refractivity contribution in [2.75, 3.05) is 7.11 Å². The molecule has 48 heavy (non-hydrogen) atoms. The minimum atomic E-state index is -0.318. The van der Waals surface area contributed by atoms with Crippen LogP contribution in [0, 0.1) is 23.7 Å². The summed E-state index contributed by atoms with van der Waals surface area (Å²) in [6.45, 7) is 0. The number of ether oxygens (including phenoxy) is 1. The van der Waals surface area contributed by atoms with Gasteiger partial charge < -0.3 is 4.74 Å². The van der Waals surface area contributed by atoms with Crippen LogP contribution in [0.15, 0.2) is 176 Å². The van der Waals surface area contributed by atoms with E-state index in [1.165, 1.54) is 38.6 Å². The van der Waals surface area contributed by atoms with Gasteiger partial charge in [0.1, 0.15) is 6.10 Å². The van der Waals surface area contributed by atoms with Crippen LogP contribution >= 0.6 is 0 Å². The molecule has 1 aliphatic carbocycles. The Kier molecular flexibility index (Phi) is 9.25. The van der Waals surface area contributed by atoms with Crippen molar-refractivity contribution in [2.24, 2.45) is 0 Å². The lowest BCUT2D eigenvalue weighted by atomic mass is 9.87. The fourth-order valence-electron chi connectivity index (χ4n) is 6.42. The third kappa shape index (κ3) is 6.56.